The second-order valence-corrected chi connectivity index (χ2v) is 10.0. The lowest BCUT2D eigenvalue weighted by Gasteiger charge is -2.22. The van der Waals surface area contributed by atoms with E-state index >= 15 is 0 Å². The molecular weight excluding hydrogens is 536 g/mol. The number of aromatic nitrogens is 1. The number of alkyl halides is 6. The Bertz CT molecular complexity index is 1340. The molecule has 1 spiro atoms. The van der Waals surface area contributed by atoms with Crippen LogP contribution in [0.25, 0.3) is 0 Å². The summed E-state index contributed by atoms with van der Waals surface area (Å²) < 4.78 is 93.0. The van der Waals surface area contributed by atoms with Crippen LogP contribution in [-0.2, 0) is 26.0 Å². The molecule has 1 aliphatic heterocycles. The summed E-state index contributed by atoms with van der Waals surface area (Å²) in [4.78, 5) is 40.3. The number of imide groups is 1. The first-order valence-electron chi connectivity index (χ1n) is 10.2. The Labute approximate surface area is 205 Å². The second-order valence-electron chi connectivity index (χ2n) is 8.09. The zero-order valence-corrected chi connectivity index (χ0v) is 19.5. The lowest BCUT2D eigenvalue weighted by Crippen LogP contribution is -2.36. The highest BCUT2D eigenvalue weighted by atomic mass is 32.2. The third kappa shape index (κ3) is 5.23. The Hall–Kier alpha value is -3.69. The van der Waals surface area contributed by atoms with Gasteiger partial charge < -0.3 is 10.0 Å². The number of hydrogen-bond donors (Lipinski definition) is 1. The fraction of sp³-hybridized carbons (Fsp3) is 0.333. The molecule has 2 fully saturated rings. The first-order valence-corrected chi connectivity index (χ1v) is 11.7. The summed E-state index contributed by atoms with van der Waals surface area (Å²) in [6, 6.07) is 4.71. The summed E-state index contributed by atoms with van der Waals surface area (Å²) in [5.74, 6) is -3.22. The number of carbonyl (C=O) groups excluding carboxylic acids is 2. The number of carboxylic acids is 1. The summed E-state index contributed by atoms with van der Waals surface area (Å²) in [7, 11) is -5.52. The third-order valence-corrected chi connectivity index (χ3v) is 7.18. The SMILES string of the molecule is Cc1cnccc1CN1C(=O)N(c2ccc(S(=O)(=O)C(F)(F)F)cc2)C(=O)C12CC2.O=C(O)C(F)(F)F. The number of aryl methyl sites for hydroxylation is 1. The van der Waals surface area contributed by atoms with Gasteiger partial charge in [-0.25, -0.2) is 22.9 Å². The number of hydrogen-bond acceptors (Lipinski definition) is 6. The van der Waals surface area contributed by atoms with Crippen LogP contribution in [0, 0.1) is 6.92 Å². The van der Waals surface area contributed by atoms with Crippen molar-refractivity contribution in [3.63, 3.8) is 0 Å². The van der Waals surface area contributed by atoms with Crippen molar-refractivity contribution in [1.29, 1.82) is 0 Å². The lowest BCUT2D eigenvalue weighted by atomic mass is 10.1. The van der Waals surface area contributed by atoms with Crippen LogP contribution in [0.15, 0.2) is 47.6 Å². The van der Waals surface area contributed by atoms with Gasteiger partial charge in [0.2, 0.25) is 0 Å². The molecule has 1 saturated heterocycles. The van der Waals surface area contributed by atoms with Crippen LogP contribution in [0.2, 0.25) is 0 Å². The summed E-state index contributed by atoms with van der Waals surface area (Å²) in [5.41, 5.74) is -4.71. The maximum atomic E-state index is 13.0. The van der Waals surface area contributed by atoms with E-state index in [1.807, 2.05) is 6.92 Å². The molecule has 2 heterocycles. The molecule has 0 radical (unpaired) electrons. The number of benzene rings is 1. The largest absolute Gasteiger partial charge is 0.501 e. The predicted octanol–water partition coefficient (Wildman–Crippen LogP) is 3.82. The van der Waals surface area contributed by atoms with Crippen molar-refractivity contribution in [3.8, 4) is 0 Å². The standard InChI is InChI=1S/C19H16F3N3O4S.C2HF3O2/c1-12-10-23-9-6-13(12)11-24-17(27)25(16(26)18(24)7-8-18)14-2-4-15(5-3-14)30(28,29)19(20,21)22;3-2(4,5)1(6)7/h2-6,9-10H,7-8,11H2,1H3;(H,6,7). The van der Waals surface area contributed by atoms with E-state index in [-0.39, 0.29) is 12.2 Å². The van der Waals surface area contributed by atoms with E-state index in [2.05, 4.69) is 4.98 Å². The van der Waals surface area contributed by atoms with Gasteiger partial charge in [0.25, 0.3) is 15.7 Å². The molecule has 1 aliphatic carbocycles. The van der Waals surface area contributed by atoms with E-state index in [9.17, 15) is 44.3 Å². The Kier molecular flexibility index (Phi) is 7.02. The number of amides is 3. The first kappa shape index (κ1) is 27.9. The van der Waals surface area contributed by atoms with Gasteiger partial charge in [-0.2, -0.15) is 26.3 Å². The Balaban J connectivity index is 0.000000479. The van der Waals surface area contributed by atoms with Crippen molar-refractivity contribution in [2.75, 3.05) is 4.90 Å². The van der Waals surface area contributed by atoms with Gasteiger partial charge in [-0.3, -0.25) is 9.78 Å². The molecule has 9 nitrogen and oxygen atoms in total. The van der Waals surface area contributed by atoms with Gasteiger partial charge in [0.05, 0.1) is 10.6 Å². The van der Waals surface area contributed by atoms with E-state index in [0.29, 0.717) is 12.8 Å². The molecule has 200 valence electrons. The van der Waals surface area contributed by atoms with Crippen molar-refractivity contribution < 1.29 is 54.3 Å². The minimum Gasteiger partial charge on any atom is -0.475 e. The topological polar surface area (TPSA) is 125 Å². The van der Waals surface area contributed by atoms with Crippen molar-refractivity contribution in [2.24, 2.45) is 0 Å². The molecule has 37 heavy (non-hydrogen) atoms. The maximum Gasteiger partial charge on any atom is 0.501 e. The minimum absolute atomic E-state index is 0.0198. The van der Waals surface area contributed by atoms with Gasteiger partial charge in [0.15, 0.2) is 0 Å². The Morgan fingerprint density at radius 1 is 1.05 bits per heavy atom. The van der Waals surface area contributed by atoms with Crippen LogP contribution >= 0.6 is 0 Å². The highest BCUT2D eigenvalue weighted by Gasteiger charge is 2.65. The number of anilines is 1. The summed E-state index contributed by atoms with van der Waals surface area (Å²) in [6.07, 6.45) is -0.881. The summed E-state index contributed by atoms with van der Waals surface area (Å²) in [6.45, 7) is 2.03. The molecule has 1 aromatic carbocycles. The van der Waals surface area contributed by atoms with Crippen LogP contribution in [0.3, 0.4) is 0 Å². The molecule has 1 aromatic heterocycles. The highest BCUT2D eigenvalue weighted by molar-refractivity contribution is 7.92. The van der Waals surface area contributed by atoms with E-state index in [1.54, 1.807) is 18.5 Å². The average molecular weight is 553 g/mol. The molecule has 1 N–H and O–H groups in total. The van der Waals surface area contributed by atoms with Crippen LogP contribution in [0.4, 0.5) is 36.8 Å². The maximum absolute atomic E-state index is 13.0. The number of pyridine rings is 1. The molecule has 0 atom stereocenters. The van der Waals surface area contributed by atoms with Crippen LogP contribution in [0.5, 0.6) is 0 Å². The quantitative estimate of drug-likeness (QED) is 0.451. The lowest BCUT2D eigenvalue weighted by molar-refractivity contribution is -0.192. The fourth-order valence-corrected chi connectivity index (χ4v) is 4.28. The molecule has 2 aromatic rings. The van der Waals surface area contributed by atoms with Gasteiger partial charge in [-0.15, -0.1) is 0 Å². The van der Waals surface area contributed by atoms with Gasteiger partial charge in [-0.05, 0) is 61.2 Å². The van der Waals surface area contributed by atoms with Crippen LogP contribution in [0.1, 0.15) is 24.0 Å². The number of urea groups is 1. The number of carbonyl (C=O) groups is 3. The Morgan fingerprint density at radius 3 is 2.03 bits per heavy atom. The van der Waals surface area contributed by atoms with Gasteiger partial charge in [0, 0.05) is 18.9 Å². The zero-order valence-electron chi connectivity index (χ0n) is 18.7. The number of aliphatic carboxylic acids is 1. The Morgan fingerprint density at radius 2 is 1.59 bits per heavy atom. The predicted molar refractivity (Wildman–Crippen MR) is 113 cm³/mol. The number of sulfone groups is 1. The van der Waals surface area contributed by atoms with E-state index in [1.165, 1.54) is 4.90 Å². The average Bonchev–Trinajstić information content (AvgIpc) is 3.56. The molecule has 2 aliphatic rings. The first-order chi connectivity index (χ1) is 16.9. The second kappa shape index (κ2) is 9.32. The van der Waals surface area contributed by atoms with E-state index in [4.69, 9.17) is 9.90 Å². The molecule has 0 bridgehead atoms. The summed E-state index contributed by atoms with van der Waals surface area (Å²) in [5, 5.41) is 7.12. The van der Waals surface area contributed by atoms with Crippen molar-refractivity contribution in [2.45, 2.75) is 48.4 Å². The van der Waals surface area contributed by atoms with E-state index in [0.717, 1.165) is 40.3 Å². The monoisotopic (exact) mass is 553 g/mol. The summed E-state index contributed by atoms with van der Waals surface area (Å²) >= 11 is 0. The minimum atomic E-state index is -5.52. The number of nitrogens with zero attached hydrogens (tertiary/aromatic N) is 3. The number of carboxylic acid groups (broad SMARTS) is 1. The zero-order chi connectivity index (χ0) is 28.0. The number of halogens is 6. The number of rotatable bonds is 4. The molecule has 0 unspecified atom stereocenters. The van der Waals surface area contributed by atoms with Crippen molar-refractivity contribution >= 4 is 33.4 Å². The molecule has 3 amide bonds. The highest BCUT2D eigenvalue weighted by Crippen LogP contribution is 2.50. The van der Waals surface area contributed by atoms with Gasteiger partial charge in [-0.1, -0.05) is 0 Å². The molecular formula is C21H17F6N3O6S. The molecule has 16 heteroatoms. The smallest absolute Gasteiger partial charge is 0.475 e. The van der Waals surface area contributed by atoms with Gasteiger partial charge in [0.1, 0.15) is 5.54 Å². The van der Waals surface area contributed by atoms with Crippen molar-refractivity contribution in [1.82, 2.24) is 9.88 Å². The normalized spacial score (nSPS) is 17.1. The van der Waals surface area contributed by atoms with E-state index < -0.39 is 49.9 Å². The fourth-order valence-electron chi connectivity index (χ4n) is 3.52. The molecule has 4 rings (SSSR count). The van der Waals surface area contributed by atoms with Crippen LogP contribution < -0.4 is 4.90 Å². The third-order valence-electron chi connectivity index (χ3n) is 5.68. The molecule has 1 saturated carbocycles. The van der Waals surface area contributed by atoms with Gasteiger partial charge >= 0.3 is 23.7 Å². The van der Waals surface area contributed by atoms with Crippen LogP contribution in [-0.4, -0.2) is 58.5 Å². The van der Waals surface area contributed by atoms with Crippen molar-refractivity contribution in [3.05, 3.63) is 53.9 Å².